The molecule has 0 spiro atoms. The molecule has 0 fully saturated rings. The molecule has 0 unspecified atom stereocenters. The van der Waals surface area contributed by atoms with Gasteiger partial charge in [-0.2, -0.15) is 0 Å². The van der Waals surface area contributed by atoms with Crippen molar-refractivity contribution in [1.82, 2.24) is 0 Å². The first-order valence-electron chi connectivity index (χ1n) is 5.27. The fourth-order valence-corrected chi connectivity index (χ4v) is 4.68. The van der Waals surface area contributed by atoms with Crippen molar-refractivity contribution in [1.29, 1.82) is 0 Å². The van der Waals surface area contributed by atoms with Crippen LogP contribution >= 0.6 is 0 Å². The van der Waals surface area contributed by atoms with Crippen molar-refractivity contribution in [2.24, 2.45) is 0 Å². The van der Waals surface area contributed by atoms with Gasteiger partial charge >= 0.3 is 100 Å². The standard InChI is InChI=1S/C9H9O3.3CH3.Sn/c1-7(11)12-9-5-3-2-4-8(9)6-10;;;;/h2,4-5,10H,6H2,1H3;3*1H3;. The zero-order valence-corrected chi connectivity index (χ0v) is 13.1. The molecule has 0 bridgehead atoms. The van der Waals surface area contributed by atoms with E-state index in [0.717, 1.165) is 0 Å². The molecule has 1 rings (SSSR count). The van der Waals surface area contributed by atoms with Crippen LogP contribution in [0.15, 0.2) is 18.2 Å². The van der Waals surface area contributed by atoms with Crippen LogP contribution in [0, 0.1) is 0 Å². The molecule has 0 saturated heterocycles. The molecule has 0 aliphatic rings. The van der Waals surface area contributed by atoms with Crippen LogP contribution in [-0.4, -0.2) is 29.5 Å². The van der Waals surface area contributed by atoms with Gasteiger partial charge in [-0.25, -0.2) is 0 Å². The van der Waals surface area contributed by atoms with Crippen molar-refractivity contribution in [2.45, 2.75) is 28.3 Å². The van der Waals surface area contributed by atoms with Gasteiger partial charge < -0.3 is 0 Å². The van der Waals surface area contributed by atoms with E-state index < -0.39 is 18.4 Å². The van der Waals surface area contributed by atoms with Gasteiger partial charge in [-0.15, -0.1) is 0 Å². The molecule has 88 valence electrons. The van der Waals surface area contributed by atoms with Gasteiger partial charge in [-0.1, -0.05) is 0 Å². The molecule has 4 heteroatoms. The maximum atomic E-state index is 11.0. The SMILES string of the molecule is CC(=O)Oc1c[c]([Sn]([CH3])([CH3])[CH3])ccc1CO. The minimum absolute atomic E-state index is 0.109. The molecule has 0 amide bonds. The number of esters is 1. The van der Waals surface area contributed by atoms with Crippen molar-refractivity contribution in [2.75, 3.05) is 0 Å². The number of rotatable bonds is 3. The van der Waals surface area contributed by atoms with Gasteiger partial charge in [-0.05, 0) is 0 Å². The molecule has 0 atom stereocenters. The predicted molar refractivity (Wildman–Crippen MR) is 66.7 cm³/mol. The van der Waals surface area contributed by atoms with Crippen LogP contribution in [-0.2, 0) is 11.4 Å². The Balaban J connectivity index is 3.16. The maximum absolute atomic E-state index is 11.0. The summed E-state index contributed by atoms with van der Waals surface area (Å²) in [5.41, 5.74) is 0.662. The Labute approximate surface area is 100 Å². The van der Waals surface area contributed by atoms with Crippen molar-refractivity contribution in [3.8, 4) is 5.75 Å². The Hall–Kier alpha value is -0.551. The average Bonchev–Trinajstić information content (AvgIpc) is 2.15. The molecule has 0 saturated carbocycles. The van der Waals surface area contributed by atoms with Crippen LogP contribution in [0.1, 0.15) is 12.5 Å². The van der Waals surface area contributed by atoms with Gasteiger partial charge in [0.15, 0.2) is 0 Å². The molecule has 1 aromatic rings. The number of hydrogen-bond acceptors (Lipinski definition) is 3. The molecule has 0 aliphatic heterocycles. The Morgan fingerprint density at radius 2 is 2.00 bits per heavy atom. The van der Waals surface area contributed by atoms with Crippen molar-refractivity contribution >= 4 is 27.9 Å². The normalized spacial score (nSPS) is 11.3. The molecule has 16 heavy (non-hydrogen) atoms. The van der Waals surface area contributed by atoms with Crippen LogP contribution in [0.5, 0.6) is 5.75 Å². The summed E-state index contributed by atoms with van der Waals surface area (Å²) in [6, 6.07) is 5.79. The average molecular weight is 329 g/mol. The third-order valence-electron chi connectivity index (χ3n) is 2.36. The molecule has 1 N–H and O–H groups in total. The van der Waals surface area contributed by atoms with Gasteiger partial charge in [0, 0.05) is 0 Å². The number of carbonyl (C=O) groups excluding carboxylic acids is 1. The molecule has 0 radical (unpaired) electrons. The Morgan fingerprint density at radius 3 is 2.44 bits per heavy atom. The van der Waals surface area contributed by atoms with E-state index in [1.807, 2.05) is 18.2 Å². The van der Waals surface area contributed by atoms with Crippen LogP contribution in [0.4, 0.5) is 0 Å². The van der Waals surface area contributed by atoms with Gasteiger partial charge in [0.2, 0.25) is 0 Å². The first-order chi connectivity index (χ1) is 7.34. The summed E-state index contributed by atoms with van der Waals surface area (Å²) in [7, 11) is 0. The fourth-order valence-electron chi connectivity index (χ4n) is 1.40. The van der Waals surface area contributed by atoms with Crippen molar-refractivity contribution in [3.63, 3.8) is 0 Å². The third kappa shape index (κ3) is 3.49. The second-order valence-electron chi connectivity index (χ2n) is 4.82. The number of ether oxygens (including phenoxy) is 1. The summed E-state index contributed by atoms with van der Waals surface area (Å²) in [5, 5.41) is 9.15. The topological polar surface area (TPSA) is 46.5 Å². The minimum atomic E-state index is -2.15. The summed E-state index contributed by atoms with van der Waals surface area (Å²) in [6.07, 6.45) is 0. The second kappa shape index (κ2) is 5.19. The van der Waals surface area contributed by atoms with E-state index in [9.17, 15) is 4.79 Å². The summed E-state index contributed by atoms with van der Waals surface area (Å²) in [4.78, 5) is 17.8. The molecular weight excluding hydrogens is 311 g/mol. The number of hydrogen-bond donors (Lipinski definition) is 1. The van der Waals surface area contributed by atoms with E-state index in [4.69, 9.17) is 9.84 Å². The van der Waals surface area contributed by atoms with E-state index >= 15 is 0 Å². The van der Waals surface area contributed by atoms with E-state index in [1.165, 1.54) is 10.5 Å². The van der Waals surface area contributed by atoms with Crippen LogP contribution < -0.4 is 8.32 Å². The number of aliphatic hydroxyl groups is 1. The third-order valence-corrected chi connectivity index (χ3v) is 8.19. The number of benzene rings is 1. The monoisotopic (exact) mass is 330 g/mol. The van der Waals surface area contributed by atoms with Crippen LogP contribution in [0.25, 0.3) is 0 Å². The van der Waals surface area contributed by atoms with E-state index in [-0.39, 0.29) is 12.6 Å². The zero-order chi connectivity index (χ0) is 12.3. The Kier molecular flexibility index (Phi) is 4.38. The molecule has 3 nitrogen and oxygen atoms in total. The fraction of sp³-hybridized carbons (Fsp3) is 0.417. The van der Waals surface area contributed by atoms with Gasteiger partial charge in [0.1, 0.15) is 0 Å². The van der Waals surface area contributed by atoms with Gasteiger partial charge in [-0.3, -0.25) is 0 Å². The van der Waals surface area contributed by atoms with E-state index in [2.05, 4.69) is 14.8 Å². The van der Waals surface area contributed by atoms with E-state index in [1.54, 1.807) is 0 Å². The molecule has 0 aliphatic carbocycles. The first-order valence-corrected chi connectivity index (χ1v) is 15.3. The predicted octanol–water partition coefficient (Wildman–Crippen LogP) is 1.65. The zero-order valence-electron chi connectivity index (χ0n) is 10.2. The molecule has 0 aromatic heterocycles. The molecule has 0 heterocycles. The summed E-state index contributed by atoms with van der Waals surface area (Å²) < 4.78 is 6.39. The van der Waals surface area contributed by atoms with Gasteiger partial charge in [0.25, 0.3) is 0 Å². The van der Waals surface area contributed by atoms with E-state index in [0.29, 0.717) is 11.3 Å². The molecule has 1 aromatic carbocycles. The first kappa shape index (κ1) is 13.5. The number of carbonyl (C=O) groups is 1. The van der Waals surface area contributed by atoms with Gasteiger partial charge in [0.05, 0.1) is 0 Å². The van der Waals surface area contributed by atoms with Crippen LogP contribution in [0.3, 0.4) is 0 Å². The number of aliphatic hydroxyl groups excluding tert-OH is 1. The second-order valence-corrected chi connectivity index (χ2v) is 19.3. The summed E-state index contributed by atoms with van der Waals surface area (Å²) in [6.45, 7) is 1.26. The summed E-state index contributed by atoms with van der Waals surface area (Å²) in [5.74, 6) is 0.148. The quantitative estimate of drug-likeness (QED) is 0.521. The van der Waals surface area contributed by atoms with Crippen LogP contribution in [0.2, 0.25) is 14.8 Å². The van der Waals surface area contributed by atoms with Crippen molar-refractivity contribution in [3.05, 3.63) is 23.8 Å². The summed E-state index contributed by atoms with van der Waals surface area (Å²) >= 11 is -2.15. The molecular formula is C12H18O3Sn. The van der Waals surface area contributed by atoms with Crippen molar-refractivity contribution < 1.29 is 14.6 Å². The Morgan fingerprint density at radius 1 is 1.38 bits per heavy atom. The Bertz CT molecular complexity index is 394.